The van der Waals surface area contributed by atoms with Crippen LogP contribution in [-0.2, 0) is 6.54 Å². The minimum Gasteiger partial charge on any atom is -0.297 e. The third kappa shape index (κ3) is 2.56. The first-order valence-corrected chi connectivity index (χ1v) is 6.38. The third-order valence-electron chi connectivity index (χ3n) is 3.48. The molecule has 94 valence electrons. The van der Waals surface area contributed by atoms with Gasteiger partial charge in [0.15, 0.2) is 0 Å². The number of aromatic nitrogens is 4. The molecule has 18 heavy (non-hydrogen) atoms. The minimum absolute atomic E-state index is 0.532. The fourth-order valence-electron chi connectivity index (χ4n) is 2.60. The Morgan fingerprint density at radius 1 is 1.33 bits per heavy atom. The van der Waals surface area contributed by atoms with Gasteiger partial charge in [-0.2, -0.15) is 5.10 Å². The Hall–Kier alpha value is -1.75. The molecule has 2 aromatic rings. The van der Waals surface area contributed by atoms with Crippen LogP contribution in [0.3, 0.4) is 0 Å². The van der Waals surface area contributed by atoms with Crippen LogP contribution in [0.1, 0.15) is 30.1 Å². The highest BCUT2D eigenvalue weighted by Crippen LogP contribution is 2.25. The van der Waals surface area contributed by atoms with E-state index in [4.69, 9.17) is 0 Å². The number of piperidine rings is 1. The van der Waals surface area contributed by atoms with Gasteiger partial charge in [0, 0.05) is 42.8 Å². The second kappa shape index (κ2) is 5.27. The molecule has 1 fully saturated rings. The van der Waals surface area contributed by atoms with Crippen LogP contribution in [0.4, 0.5) is 0 Å². The number of aromatic amines is 1. The van der Waals surface area contributed by atoms with Gasteiger partial charge in [0.1, 0.15) is 6.33 Å². The Morgan fingerprint density at radius 2 is 2.33 bits per heavy atom. The summed E-state index contributed by atoms with van der Waals surface area (Å²) in [7, 11) is 0. The van der Waals surface area contributed by atoms with E-state index >= 15 is 0 Å². The first-order chi connectivity index (χ1) is 8.92. The molecule has 1 saturated heterocycles. The molecule has 0 amide bonds. The van der Waals surface area contributed by atoms with E-state index in [1.165, 1.54) is 24.2 Å². The molecule has 2 aromatic heterocycles. The number of nitrogens with zero attached hydrogens (tertiary/aromatic N) is 4. The third-order valence-corrected chi connectivity index (χ3v) is 3.48. The van der Waals surface area contributed by atoms with Crippen LogP contribution in [0.2, 0.25) is 0 Å². The summed E-state index contributed by atoms with van der Waals surface area (Å²) in [5.74, 6) is 0.532. The quantitative estimate of drug-likeness (QED) is 0.889. The molecule has 3 rings (SSSR count). The fourth-order valence-corrected chi connectivity index (χ4v) is 2.60. The molecule has 0 radical (unpaired) electrons. The molecule has 0 unspecified atom stereocenters. The van der Waals surface area contributed by atoms with Crippen LogP contribution >= 0.6 is 0 Å². The Bertz CT molecular complexity index is 467. The van der Waals surface area contributed by atoms with Crippen molar-refractivity contribution in [1.29, 1.82) is 0 Å². The lowest BCUT2D eigenvalue weighted by atomic mass is 9.94. The number of hydrogen-bond donors (Lipinski definition) is 1. The summed E-state index contributed by atoms with van der Waals surface area (Å²) in [6.07, 6.45) is 7.72. The van der Waals surface area contributed by atoms with Crippen molar-refractivity contribution in [3.63, 3.8) is 0 Å². The van der Waals surface area contributed by atoms with E-state index in [-0.39, 0.29) is 0 Å². The van der Waals surface area contributed by atoms with Crippen molar-refractivity contribution in [1.82, 2.24) is 25.1 Å². The first kappa shape index (κ1) is 11.3. The summed E-state index contributed by atoms with van der Waals surface area (Å²) in [4.78, 5) is 10.8. The second-order valence-corrected chi connectivity index (χ2v) is 4.79. The van der Waals surface area contributed by atoms with Crippen LogP contribution in [0, 0.1) is 0 Å². The Balaban J connectivity index is 1.65. The zero-order chi connectivity index (χ0) is 12.2. The Labute approximate surface area is 106 Å². The molecule has 0 aliphatic carbocycles. The number of rotatable bonds is 3. The van der Waals surface area contributed by atoms with Gasteiger partial charge in [-0.15, -0.1) is 0 Å². The van der Waals surface area contributed by atoms with Crippen molar-refractivity contribution in [3.05, 3.63) is 42.2 Å². The number of H-pyrrole nitrogens is 1. The van der Waals surface area contributed by atoms with Gasteiger partial charge in [0.05, 0.1) is 0 Å². The van der Waals surface area contributed by atoms with Crippen molar-refractivity contribution in [2.75, 3.05) is 13.1 Å². The highest BCUT2D eigenvalue weighted by Gasteiger charge is 2.22. The largest absolute Gasteiger partial charge is 0.297 e. The number of hydrogen-bond acceptors (Lipinski definition) is 4. The topological polar surface area (TPSA) is 57.7 Å². The molecule has 1 aliphatic heterocycles. The molecule has 0 aromatic carbocycles. The summed E-state index contributed by atoms with van der Waals surface area (Å²) < 4.78 is 0. The maximum atomic E-state index is 4.38. The summed E-state index contributed by atoms with van der Waals surface area (Å²) in [6, 6.07) is 4.07. The normalized spacial score (nSPS) is 21.0. The van der Waals surface area contributed by atoms with Gasteiger partial charge in [-0.1, -0.05) is 0 Å². The van der Waals surface area contributed by atoms with Gasteiger partial charge in [-0.25, -0.2) is 9.97 Å². The fraction of sp³-hybridized carbons (Fsp3) is 0.462. The molecule has 0 spiro atoms. The van der Waals surface area contributed by atoms with Crippen molar-refractivity contribution >= 4 is 0 Å². The molecule has 1 atom stereocenters. The van der Waals surface area contributed by atoms with Crippen LogP contribution in [-0.4, -0.2) is 38.2 Å². The highest BCUT2D eigenvalue weighted by molar-refractivity contribution is 5.08. The standard InChI is InChI=1S/C13H17N5/c1-2-11(13-4-5-14-10-15-13)8-18(7-1)9-12-3-6-16-17-12/h3-6,10-11H,1-2,7-9H2,(H,16,17)/t11-/m0/s1. The highest BCUT2D eigenvalue weighted by atomic mass is 15.2. The lowest BCUT2D eigenvalue weighted by Gasteiger charge is -2.31. The number of likely N-dealkylation sites (tertiary alicyclic amines) is 1. The van der Waals surface area contributed by atoms with E-state index in [9.17, 15) is 0 Å². The van der Waals surface area contributed by atoms with Gasteiger partial charge in [0.25, 0.3) is 0 Å². The summed E-state index contributed by atoms with van der Waals surface area (Å²) >= 11 is 0. The van der Waals surface area contributed by atoms with E-state index in [1.807, 2.05) is 18.3 Å². The second-order valence-electron chi connectivity index (χ2n) is 4.79. The Morgan fingerprint density at radius 3 is 3.11 bits per heavy atom. The van der Waals surface area contributed by atoms with Crippen LogP contribution < -0.4 is 0 Å². The lowest BCUT2D eigenvalue weighted by Crippen LogP contribution is -2.34. The molecule has 0 saturated carbocycles. The first-order valence-electron chi connectivity index (χ1n) is 6.38. The average Bonchev–Trinajstić information content (AvgIpc) is 2.93. The van der Waals surface area contributed by atoms with Gasteiger partial charge in [-0.05, 0) is 31.5 Å². The summed E-state index contributed by atoms with van der Waals surface area (Å²) in [6.45, 7) is 3.16. The maximum Gasteiger partial charge on any atom is 0.115 e. The average molecular weight is 243 g/mol. The van der Waals surface area contributed by atoms with Crippen LogP contribution in [0.25, 0.3) is 0 Å². The molecule has 5 heteroatoms. The predicted octanol–water partition coefficient (Wildman–Crippen LogP) is 1.58. The van der Waals surface area contributed by atoms with Gasteiger partial charge < -0.3 is 0 Å². The SMILES string of the molecule is c1cc([C@H]2CCCN(Cc3ccn[nH]3)C2)ncn1. The molecular formula is C13H17N5. The summed E-state index contributed by atoms with van der Waals surface area (Å²) in [5, 5.41) is 7.01. The molecule has 1 aliphatic rings. The predicted molar refractivity (Wildman–Crippen MR) is 67.9 cm³/mol. The molecular weight excluding hydrogens is 226 g/mol. The maximum absolute atomic E-state index is 4.38. The molecule has 5 nitrogen and oxygen atoms in total. The van der Waals surface area contributed by atoms with Crippen molar-refractivity contribution in [2.24, 2.45) is 0 Å². The zero-order valence-electron chi connectivity index (χ0n) is 10.3. The molecule has 0 bridgehead atoms. The minimum atomic E-state index is 0.532. The van der Waals surface area contributed by atoms with E-state index < -0.39 is 0 Å². The monoisotopic (exact) mass is 243 g/mol. The molecule has 1 N–H and O–H groups in total. The number of nitrogens with one attached hydrogen (secondary N) is 1. The van der Waals surface area contributed by atoms with E-state index in [0.717, 1.165) is 19.6 Å². The molecule has 3 heterocycles. The smallest absolute Gasteiger partial charge is 0.115 e. The van der Waals surface area contributed by atoms with E-state index in [0.29, 0.717) is 5.92 Å². The Kier molecular flexibility index (Phi) is 3.32. The van der Waals surface area contributed by atoms with Gasteiger partial charge in [-0.3, -0.25) is 10.00 Å². The van der Waals surface area contributed by atoms with Gasteiger partial charge in [0.2, 0.25) is 0 Å². The van der Waals surface area contributed by atoms with Crippen LogP contribution in [0.15, 0.2) is 30.9 Å². The zero-order valence-corrected chi connectivity index (χ0v) is 10.3. The van der Waals surface area contributed by atoms with E-state index in [1.54, 1.807) is 12.5 Å². The van der Waals surface area contributed by atoms with Gasteiger partial charge >= 0.3 is 0 Å². The van der Waals surface area contributed by atoms with Crippen molar-refractivity contribution in [2.45, 2.75) is 25.3 Å². The summed E-state index contributed by atoms with van der Waals surface area (Å²) in [5.41, 5.74) is 2.35. The van der Waals surface area contributed by atoms with Crippen molar-refractivity contribution in [3.8, 4) is 0 Å². The lowest BCUT2D eigenvalue weighted by molar-refractivity contribution is 0.196. The van der Waals surface area contributed by atoms with E-state index in [2.05, 4.69) is 25.1 Å². The van der Waals surface area contributed by atoms with Crippen molar-refractivity contribution < 1.29 is 0 Å². The van der Waals surface area contributed by atoms with Crippen LogP contribution in [0.5, 0.6) is 0 Å².